The first kappa shape index (κ1) is 33.9. The lowest BCUT2D eigenvalue weighted by Gasteiger charge is -2.21. The van der Waals surface area contributed by atoms with E-state index >= 15 is 0 Å². The third-order valence-electron chi connectivity index (χ3n) is 11.8. The minimum Gasteiger partial charge on any atom is -0.231 e. The molecule has 11 rings (SSSR count). The van der Waals surface area contributed by atoms with Crippen molar-refractivity contribution < 1.29 is 0 Å². The minimum absolute atomic E-state index is 0.130. The van der Waals surface area contributed by atoms with Gasteiger partial charge in [-0.2, -0.15) is 5.10 Å². The molecule has 3 heterocycles. The lowest BCUT2D eigenvalue weighted by molar-refractivity contribution is 0.660. The van der Waals surface area contributed by atoms with Gasteiger partial charge < -0.3 is 0 Å². The summed E-state index contributed by atoms with van der Waals surface area (Å²) >= 11 is 0. The summed E-state index contributed by atoms with van der Waals surface area (Å²) in [6, 6.07) is 68.8. The van der Waals surface area contributed by atoms with Crippen LogP contribution in [0.5, 0.6) is 0 Å². The van der Waals surface area contributed by atoms with Gasteiger partial charge in [0.2, 0.25) is 0 Å². The molecule has 7 aromatic carbocycles. The number of benzene rings is 7. The molecule has 0 radical (unpaired) electrons. The van der Waals surface area contributed by atoms with Gasteiger partial charge in [0.25, 0.3) is 0 Å². The van der Waals surface area contributed by atoms with E-state index in [0.29, 0.717) is 5.82 Å². The number of hydrogen-bond acceptors (Lipinski definition) is 3. The van der Waals surface area contributed by atoms with Crippen molar-refractivity contribution in [1.29, 1.82) is 0 Å². The number of hydrogen-bond donors (Lipinski definition) is 0. The van der Waals surface area contributed by atoms with Crippen LogP contribution in [0.3, 0.4) is 0 Å². The molecule has 4 nitrogen and oxygen atoms in total. The van der Waals surface area contributed by atoms with Crippen molar-refractivity contribution in [1.82, 2.24) is 19.6 Å². The van der Waals surface area contributed by atoms with E-state index < -0.39 is 0 Å². The SMILES string of the molecule is CC1(C)c2ccccc2-c2ccc(-c3nc(-c4ccccc4)cc(-c4cccc(-c5cc6ccccc6c6c(-c7ccccc7)c(-c7ccccc7)nn56)c4)n3)cc21. The first-order chi connectivity index (χ1) is 28.5. The van der Waals surface area contributed by atoms with E-state index in [9.17, 15) is 0 Å². The molecular weight excluding hydrogens is 705 g/mol. The Balaban J connectivity index is 1.11. The quantitative estimate of drug-likeness (QED) is 0.170. The summed E-state index contributed by atoms with van der Waals surface area (Å²) in [5.74, 6) is 0.705. The molecule has 0 aliphatic heterocycles. The van der Waals surface area contributed by atoms with E-state index in [1.165, 1.54) is 22.3 Å². The average molecular weight is 743 g/mol. The van der Waals surface area contributed by atoms with Crippen LogP contribution in [0.2, 0.25) is 0 Å². The van der Waals surface area contributed by atoms with Crippen LogP contribution >= 0.6 is 0 Å². The standard InChI is InChI=1S/C54H38N4/c1-54(2)45-28-15-14-27-43(45)44-30-29-41(32-46(44)54)53-55-47(35-17-6-3-7-18-35)34-48(56-53)39-24-16-25-40(31-39)49-33-38-23-12-13-26-42(38)52-50(36-19-8-4-9-20-36)51(57-58(49)52)37-21-10-5-11-22-37/h3-34H,1-2H3. The molecule has 1 aliphatic carbocycles. The van der Waals surface area contributed by atoms with Gasteiger partial charge in [-0.1, -0.05) is 184 Å². The van der Waals surface area contributed by atoms with E-state index in [2.05, 4.69) is 206 Å². The summed E-state index contributed by atoms with van der Waals surface area (Å²) in [6.45, 7) is 4.63. The fraction of sp³-hybridized carbons (Fsp3) is 0.0556. The van der Waals surface area contributed by atoms with Gasteiger partial charge in [0, 0.05) is 44.2 Å². The Labute approximate surface area is 337 Å². The van der Waals surface area contributed by atoms with Gasteiger partial charge >= 0.3 is 0 Å². The molecule has 10 aromatic rings. The fourth-order valence-electron chi connectivity index (χ4n) is 8.93. The zero-order chi connectivity index (χ0) is 38.8. The van der Waals surface area contributed by atoms with Crippen LogP contribution in [0.25, 0.3) is 95.0 Å². The highest BCUT2D eigenvalue weighted by Gasteiger charge is 2.35. The predicted molar refractivity (Wildman–Crippen MR) is 238 cm³/mol. The molecule has 1 aliphatic rings. The summed E-state index contributed by atoms with van der Waals surface area (Å²) in [5.41, 5.74) is 17.3. The second-order valence-electron chi connectivity index (χ2n) is 15.7. The van der Waals surface area contributed by atoms with Gasteiger partial charge in [-0.3, -0.25) is 0 Å². The van der Waals surface area contributed by atoms with Gasteiger partial charge in [0.1, 0.15) is 5.69 Å². The summed E-state index contributed by atoms with van der Waals surface area (Å²) < 4.78 is 2.15. The first-order valence-corrected chi connectivity index (χ1v) is 19.9. The number of rotatable bonds is 6. The monoisotopic (exact) mass is 742 g/mol. The number of aromatic nitrogens is 4. The minimum atomic E-state index is -0.130. The van der Waals surface area contributed by atoms with Crippen LogP contribution in [0.4, 0.5) is 0 Å². The van der Waals surface area contributed by atoms with Crippen LogP contribution in [0, 0.1) is 0 Å². The number of nitrogens with zero attached hydrogens (tertiary/aromatic N) is 4. The molecule has 4 heteroatoms. The molecule has 0 unspecified atom stereocenters. The van der Waals surface area contributed by atoms with E-state index in [0.717, 1.165) is 78.0 Å². The van der Waals surface area contributed by atoms with Crippen LogP contribution in [0.15, 0.2) is 194 Å². The van der Waals surface area contributed by atoms with Crippen LogP contribution in [0.1, 0.15) is 25.0 Å². The van der Waals surface area contributed by atoms with Gasteiger partial charge in [-0.25, -0.2) is 14.5 Å². The van der Waals surface area contributed by atoms with Crippen molar-refractivity contribution in [2.45, 2.75) is 19.3 Å². The van der Waals surface area contributed by atoms with Crippen LogP contribution in [-0.4, -0.2) is 19.6 Å². The molecule has 58 heavy (non-hydrogen) atoms. The second-order valence-corrected chi connectivity index (χ2v) is 15.7. The van der Waals surface area contributed by atoms with Crippen LogP contribution < -0.4 is 0 Å². The highest BCUT2D eigenvalue weighted by atomic mass is 15.2. The predicted octanol–water partition coefficient (Wildman–Crippen LogP) is 13.6. The molecule has 0 spiro atoms. The largest absolute Gasteiger partial charge is 0.231 e. The molecule has 0 amide bonds. The normalized spacial score (nSPS) is 12.8. The molecular formula is C54H38N4. The van der Waals surface area contributed by atoms with Gasteiger partial charge in [0.15, 0.2) is 5.82 Å². The Morgan fingerprint density at radius 3 is 1.81 bits per heavy atom. The lowest BCUT2D eigenvalue weighted by atomic mass is 9.82. The molecule has 3 aromatic heterocycles. The maximum absolute atomic E-state index is 5.44. The van der Waals surface area contributed by atoms with Crippen molar-refractivity contribution in [3.8, 4) is 78.7 Å². The molecule has 0 N–H and O–H groups in total. The van der Waals surface area contributed by atoms with Crippen molar-refractivity contribution in [3.63, 3.8) is 0 Å². The third kappa shape index (κ3) is 5.48. The first-order valence-electron chi connectivity index (χ1n) is 19.9. The van der Waals surface area contributed by atoms with Gasteiger partial charge in [-0.05, 0) is 57.5 Å². The van der Waals surface area contributed by atoms with Crippen LogP contribution in [-0.2, 0) is 5.41 Å². The molecule has 274 valence electrons. The molecule has 0 bridgehead atoms. The summed E-state index contributed by atoms with van der Waals surface area (Å²) in [4.78, 5) is 10.6. The van der Waals surface area contributed by atoms with E-state index in [1.54, 1.807) is 0 Å². The third-order valence-corrected chi connectivity index (χ3v) is 11.8. The maximum Gasteiger partial charge on any atom is 0.160 e. The second kappa shape index (κ2) is 13.4. The summed E-state index contributed by atoms with van der Waals surface area (Å²) in [6.07, 6.45) is 0. The number of pyridine rings is 1. The van der Waals surface area contributed by atoms with Crippen molar-refractivity contribution in [3.05, 3.63) is 205 Å². The Morgan fingerprint density at radius 2 is 1.03 bits per heavy atom. The van der Waals surface area contributed by atoms with E-state index in [4.69, 9.17) is 15.1 Å². The zero-order valence-corrected chi connectivity index (χ0v) is 32.3. The highest BCUT2D eigenvalue weighted by molar-refractivity contribution is 6.08. The zero-order valence-electron chi connectivity index (χ0n) is 32.3. The maximum atomic E-state index is 5.44. The van der Waals surface area contributed by atoms with Crippen molar-refractivity contribution >= 4 is 16.3 Å². The highest BCUT2D eigenvalue weighted by Crippen LogP contribution is 2.49. The van der Waals surface area contributed by atoms with Crippen molar-refractivity contribution in [2.24, 2.45) is 0 Å². The Kier molecular flexibility index (Phi) is 7.80. The Hall–Kier alpha value is -7.43. The van der Waals surface area contributed by atoms with Crippen molar-refractivity contribution in [2.75, 3.05) is 0 Å². The van der Waals surface area contributed by atoms with Gasteiger partial charge in [-0.15, -0.1) is 0 Å². The summed E-state index contributed by atoms with van der Waals surface area (Å²) in [7, 11) is 0. The molecule has 0 saturated heterocycles. The van der Waals surface area contributed by atoms with E-state index in [-0.39, 0.29) is 5.41 Å². The molecule has 0 saturated carbocycles. The van der Waals surface area contributed by atoms with Gasteiger partial charge in [0.05, 0.1) is 22.6 Å². The lowest BCUT2D eigenvalue weighted by Crippen LogP contribution is -2.15. The van der Waals surface area contributed by atoms with E-state index in [1.807, 2.05) is 6.07 Å². The topological polar surface area (TPSA) is 43.1 Å². The fourth-order valence-corrected chi connectivity index (χ4v) is 8.93. The molecule has 0 fully saturated rings. The average Bonchev–Trinajstić information content (AvgIpc) is 3.80. The summed E-state index contributed by atoms with van der Waals surface area (Å²) in [5, 5.41) is 7.76. The molecule has 0 atom stereocenters. The Morgan fingerprint density at radius 1 is 0.431 bits per heavy atom. The smallest absolute Gasteiger partial charge is 0.160 e. The number of fused-ring (bicyclic) bond motifs is 6. The Bertz CT molecular complexity index is 3180.